The van der Waals surface area contributed by atoms with Crippen LogP contribution >= 0.6 is 0 Å². The Hall–Kier alpha value is -2.71. The second-order valence-corrected chi connectivity index (χ2v) is 5.61. The normalized spacial score (nSPS) is 28.8. The molecule has 0 aromatic carbocycles. The molecule has 1 amide bonds. The summed E-state index contributed by atoms with van der Waals surface area (Å²) in [6, 6.07) is 0. The third kappa shape index (κ3) is 2.33. The summed E-state index contributed by atoms with van der Waals surface area (Å²) >= 11 is 0. The summed E-state index contributed by atoms with van der Waals surface area (Å²) in [5.41, 5.74) is 4.07. The quantitative estimate of drug-likeness (QED) is 0.399. The van der Waals surface area contributed by atoms with Crippen LogP contribution in [0.2, 0.25) is 0 Å². The molecular formula is C15H17N5O5. The van der Waals surface area contributed by atoms with Crippen LogP contribution in [0.4, 0.5) is 5.82 Å². The number of fused-ring (bicyclic) bond motifs is 1. The van der Waals surface area contributed by atoms with Crippen molar-refractivity contribution in [2.45, 2.75) is 24.0 Å². The molecule has 10 nitrogen and oxygen atoms in total. The fraction of sp³-hybridized carbons (Fsp3) is 0.400. The molecular weight excluding hydrogens is 330 g/mol. The van der Waals surface area contributed by atoms with Gasteiger partial charge < -0.3 is 35.7 Å². The number of nitrogens with one attached hydrogen (secondary N) is 1. The number of aliphatic hydroxyl groups excluding tert-OH is 2. The molecule has 25 heavy (non-hydrogen) atoms. The SMILES string of the molecule is C#C[C@@]1(O)[C@H](O)[C@@H](CO)O[C@H]1n1cc(C(=O)NC)c2c(N)ncnc21. The predicted molar refractivity (Wildman–Crippen MR) is 86.1 cm³/mol. The van der Waals surface area contributed by atoms with Crippen LogP contribution < -0.4 is 11.1 Å². The van der Waals surface area contributed by atoms with Crippen molar-refractivity contribution in [2.24, 2.45) is 0 Å². The van der Waals surface area contributed by atoms with Crippen LogP contribution in [0.25, 0.3) is 11.0 Å². The van der Waals surface area contributed by atoms with E-state index in [4.69, 9.17) is 16.9 Å². The minimum Gasteiger partial charge on any atom is -0.394 e. The summed E-state index contributed by atoms with van der Waals surface area (Å²) in [6.07, 6.45) is 4.01. The standard InChI is InChI=1S/C15H17N5O5/c1-3-15(24)10(22)8(5-21)25-14(15)20-4-7(13(23)17-2)9-11(16)18-6-19-12(9)20/h1,4,6,8,10,14,21-22,24H,5H2,2H3,(H,17,23)(H2,16,18,19)/t8-,10-,14-,15-/m1/s1. The first kappa shape index (κ1) is 17.1. The highest BCUT2D eigenvalue weighted by Gasteiger charge is 2.55. The number of aromatic nitrogens is 3. The number of amides is 1. The van der Waals surface area contributed by atoms with Crippen LogP contribution in [0.1, 0.15) is 16.6 Å². The van der Waals surface area contributed by atoms with E-state index in [1.54, 1.807) is 0 Å². The maximum absolute atomic E-state index is 12.2. The number of carbonyl (C=O) groups excluding carboxylic acids is 1. The third-order valence-corrected chi connectivity index (χ3v) is 4.26. The molecule has 3 rings (SSSR count). The van der Waals surface area contributed by atoms with E-state index in [0.29, 0.717) is 0 Å². The lowest BCUT2D eigenvalue weighted by Crippen LogP contribution is -2.45. The highest BCUT2D eigenvalue weighted by atomic mass is 16.6. The average Bonchev–Trinajstić information content (AvgIpc) is 3.12. The number of hydrogen-bond acceptors (Lipinski definition) is 8. The zero-order valence-electron chi connectivity index (χ0n) is 13.2. The molecule has 1 fully saturated rings. The van der Waals surface area contributed by atoms with Crippen molar-refractivity contribution >= 4 is 22.8 Å². The predicted octanol–water partition coefficient (Wildman–Crippen LogP) is -2.01. The van der Waals surface area contributed by atoms with Gasteiger partial charge >= 0.3 is 0 Å². The molecule has 3 heterocycles. The Morgan fingerprint density at radius 3 is 2.92 bits per heavy atom. The highest BCUT2D eigenvalue weighted by Crippen LogP contribution is 2.40. The summed E-state index contributed by atoms with van der Waals surface area (Å²) in [7, 11) is 1.45. The van der Waals surface area contributed by atoms with Gasteiger partial charge in [-0.05, 0) is 0 Å². The molecule has 0 saturated carbocycles. The summed E-state index contributed by atoms with van der Waals surface area (Å²) in [5, 5.41) is 33.0. The number of hydrogen-bond donors (Lipinski definition) is 5. The van der Waals surface area contributed by atoms with E-state index in [9.17, 15) is 20.1 Å². The number of rotatable bonds is 3. The number of carbonyl (C=O) groups is 1. The van der Waals surface area contributed by atoms with E-state index in [-0.39, 0.29) is 22.4 Å². The van der Waals surface area contributed by atoms with Crippen molar-refractivity contribution in [1.29, 1.82) is 0 Å². The first-order valence-electron chi connectivity index (χ1n) is 7.36. The van der Waals surface area contributed by atoms with Gasteiger partial charge in [0.1, 0.15) is 30.0 Å². The van der Waals surface area contributed by atoms with Gasteiger partial charge in [-0.1, -0.05) is 5.92 Å². The number of anilines is 1. The molecule has 1 aliphatic heterocycles. The topological polar surface area (TPSA) is 156 Å². The lowest BCUT2D eigenvalue weighted by Gasteiger charge is -2.26. The van der Waals surface area contributed by atoms with E-state index >= 15 is 0 Å². The summed E-state index contributed by atoms with van der Waals surface area (Å²) in [4.78, 5) is 20.1. The lowest BCUT2D eigenvalue weighted by atomic mass is 9.95. The molecule has 6 N–H and O–H groups in total. The molecule has 4 atom stereocenters. The van der Waals surface area contributed by atoms with Crippen molar-refractivity contribution in [3.05, 3.63) is 18.1 Å². The number of terminal acetylenes is 1. The van der Waals surface area contributed by atoms with Crippen molar-refractivity contribution in [3.8, 4) is 12.3 Å². The molecule has 0 spiro atoms. The summed E-state index contributed by atoms with van der Waals surface area (Å²) in [5.74, 6) is 1.72. The molecule has 0 aliphatic carbocycles. The van der Waals surface area contributed by atoms with Crippen LogP contribution in [0.15, 0.2) is 12.5 Å². The number of nitrogens with two attached hydrogens (primary N) is 1. The number of ether oxygens (including phenoxy) is 1. The number of nitrogens with zero attached hydrogens (tertiary/aromatic N) is 3. The van der Waals surface area contributed by atoms with E-state index in [0.717, 1.165) is 0 Å². The number of aliphatic hydroxyl groups is 3. The Balaban J connectivity index is 2.25. The number of nitrogen functional groups attached to an aromatic ring is 1. The highest BCUT2D eigenvalue weighted by molar-refractivity contribution is 6.09. The minimum atomic E-state index is -2.14. The second kappa shape index (κ2) is 5.98. The largest absolute Gasteiger partial charge is 0.394 e. The molecule has 10 heteroatoms. The fourth-order valence-corrected chi connectivity index (χ4v) is 2.94. The van der Waals surface area contributed by atoms with Gasteiger partial charge in [0, 0.05) is 13.2 Å². The third-order valence-electron chi connectivity index (χ3n) is 4.26. The molecule has 2 aromatic heterocycles. The first-order chi connectivity index (χ1) is 11.9. The zero-order chi connectivity index (χ0) is 18.4. The smallest absolute Gasteiger partial charge is 0.253 e. The van der Waals surface area contributed by atoms with Gasteiger partial charge in [-0.25, -0.2) is 9.97 Å². The van der Waals surface area contributed by atoms with Crippen molar-refractivity contribution < 1.29 is 24.9 Å². The van der Waals surface area contributed by atoms with Crippen molar-refractivity contribution in [3.63, 3.8) is 0 Å². The van der Waals surface area contributed by atoms with Gasteiger partial charge in [0.15, 0.2) is 11.8 Å². The lowest BCUT2D eigenvalue weighted by molar-refractivity contribution is -0.0718. The first-order valence-corrected chi connectivity index (χ1v) is 7.36. The molecule has 1 aliphatic rings. The maximum atomic E-state index is 12.2. The van der Waals surface area contributed by atoms with Crippen LogP contribution in [0.3, 0.4) is 0 Å². The Kier molecular flexibility index (Phi) is 4.09. The Bertz CT molecular complexity index is 875. The van der Waals surface area contributed by atoms with Gasteiger partial charge in [0.25, 0.3) is 5.91 Å². The molecule has 1 saturated heterocycles. The monoisotopic (exact) mass is 347 g/mol. The fourth-order valence-electron chi connectivity index (χ4n) is 2.94. The minimum absolute atomic E-state index is 0.0591. The van der Waals surface area contributed by atoms with Crippen LogP contribution in [-0.2, 0) is 4.74 Å². The zero-order valence-corrected chi connectivity index (χ0v) is 13.2. The molecule has 2 aromatic rings. The van der Waals surface area contributed by atoms with Gasteiger partial charge in [-0.3, -0.25) is 4.79 Å². The summed E-state index contributed by atoms with van der Waals surface area (Å²) in [6.45, 7) is -0.555. The maximum Gasteiger partial charge on any atom is 0.253 e. The second-order valence-electron chi connectivity index (χ2n) is 5.61. The molecule has 132 valence electrons. The van der Waals surface area contributed by atoms with Gasteiger partial charge in [-0.2, -0.15) is 0 Å². The van der Waals surface area contributed by atoms with Crippen LogP contribution in [0.5, 0.6) is 0 Å². The Morgan fingerprint density at radius 1 is 1.60 bits per heavy atom. The van der Waals surface area contributed by atoms with E-state index in [1.165, 1.54) is 24.1 Å². The van der Waals surface area contributed by atoms with Gasteiger partial charge in [0.05, 0.1) is 17.6 Å². The molecule has 0 radical (unpaired) electrons. The average molecular weight is 347 g/mol. The van der Waals surface area contributed by atoms with E-state index in [1.807, 2.05) is 0 Å². The molecule has 0 bridgehead atoms. The Morgan fingerprint density at radius 2 is 2.32 bits per heavy atom. The Labute approximate surface area is 142 Å². The van der Waals surface area contributed by atoms with Crippen molar-refractivity contribution in [2.75, 3.05) is 19.4 Å². The van der Waals surface area contributed by atoms with Crippen molar-refractivity contribution in [1.82, 2.24) is 19.9 Å². The van der Waals surface area contributed by atoms with E-state index < -0.39 is 36.6 Å². The van der Waals surface area contributed by atoms with Gasteiger partial charge in [0.2, 0.25) is 0 Å². The van der Waals surface area contributed by atoms with Gasteiger partial charge in [-0.15, -0.1) is 6.42 Å². The summed E-state index contributed by atoms with van der Waals surface area (Å²) < 4.78 is 6.83. The van der Waals surface area contributed by atoms with E-state index in [2.05, 4.69) is 21.2 Å². The van der Waals surface area contributed by atoms with Crippen LogP contribution in [0, 0.1) is 12.3 Å². The van der Waals surface area contributed by atoms with Crippen LogP contribution in [-0.4, -0.2) is 67.2 Å². The molecule has 0 unspecified atom stereocenters.